The molecule has 0 aliphatic carbocycles. The zero-order valence-electron chi connectivity index (χ0n) is 21.2. The second kappa shape index (κ2) is 9.33. The number of alkyl halides is 5. The van der Waals surface area contributed by atoms with Crippen molar-refractivity contribution in [1.29, 1.82) is 0 Å². The fourth-order valence-corrected chi connectivity index (χ4v) is 5.43. The number of likely N-dealkylation sites (tertiary alicyclic amines) is 1. The lowest BCUT2D eigenvalue weighted by molar-refractivity contribution is -0.141. The number of ether oxygens (including phenoxy) is 1. The number of benzene rings is 1. The van der Waals surface area contributed by atoms with Gasteiger partial charge in [-0.1, -0.05) is 18.2 Å². The van der Waals surface area contributed by atoms with Crippen molar-refractivity contribution < 1.29 is 26.7 Å². The minimum Gasteiger partial charge on any atom is -0.379 e. The number of pyridine rings is 1. The van der Waals surface area contributed by atoms with Crippen molar-refractivity contribution in [2.24, 2.45) is 7.05 Å². The minimum absolute atomic E-state index is 0.0437. The van der Waals surface area contributed by atoms with Crippen LogP contribution in [0, 0.1) is 0 Å². The first kappa shape index (κ1) is 25.8. The monoisotopic (exact) mass is 547 g/mol. The standard InChI is InChI=1S/C26H26F5N7O/c1-14(38-9-18(27)19(28)10-38)22-24-17(7-20(33-22)26(29,30)31)23(35-36-24)15-4-3-5-16(6-15)25(11-39-12-25)8-21-34-32-13-37(21)2/h3-7,13-14,18-19H,8-12H2,1-2H3,(H,35,36)/t14-,18+,19+/m0/s1. The lowest BCUT2D eigenvalue weighted by Crippen LogP contribution is -2.49. The smallest absolute Gasteiger partial charge is 0.379 e. The average molecular weight is 548 g/mol. The van der Waals surface area contributed by atoms with Gasteiger partial charge < -0.3 is 9.30 Å². The molecule has 1 aromatic carbocycles. The largest absolute Gasteiger partial charge is 0.433 e. The lowest BCUT2D eigenvalue weighted by Gasteiger charge is -2.41. The zero-order valence-corrected chi connectivity index (χ0v) is 21.2. The summed E-state index contributed by atoms with van der Waals surface area (Å²) in [6.07, 6.45) is -5.91. The summed E-state index contributed by atoms with van der Waals surface area (Å²) in [6.45, 7) is 2.09. The van der Waals surface area contributed by atoms with Crippen LogP contribution in [0.3, 0.4) is 0 Å². The molecule has 3 aromatic heterocycles. The van der Waals surface area contributed by atoms with Gasteiger partial charge in [0.25, 0.3) is 0 Å². The van der Waals surface area contributed by atoms with Crippen molar-refractivity contribution >= 4 is 10.9 Å². The van der Waals surface area contributed by atoms with E-state index in [1.807, 2.05) is 29.8 Å². The molecule has 3 atom stereocenters. The maximum Gasteiger partial charge on any atom is 0.433 e. The number of hydrogen-bond donors (Lipinski definition) is 1. The number of fused-ring (bicyclic) bond motifs is 1. The fourth-order valence-electron chi connectivity index (χ4n) is 5.43. The van der Waals surface area contributed by atoms with Crippen LogP contribution >= 0.6 is 0 Å². The van der Waals surface area contributed by atoms with Crippen LogP contribution in [0.1, 0.15) is 35.7 Å². The van der Waals surface area contributed by atoms with E-state index in [1.54, 1.807) is 19.3 Å². The Bertz CT molecular complexity index is 1500. The quantitative estimate of drug-likeness (QED) is 0.362. The third-order valence-electron chi connectivity index (χ3n) is 7.83. The molecule has 13 heteroatoms. The number of halogens is 5. The Hall–Kier alpha value is -3.45. The third-order valence-corrected chi connectivity index (χ3v) is 7.83. The van der Waals surface area contributed by atoms with Crippen molar-refractivity contribution in [3.63, 3.8) is 0 Å². The predicted octanol–water partition coefficient (Wildman–Crippen LogP) is 4.34. The summed E-state index contributed by atoms with van der Waals surface area (Å²) in [4.78, 5) is 5.35. The topological polar surface area (TPSA) is 84.7 Å². The van der Waals surface area contributed by atoms with E-state index in [4.69, 9.17) is 4.74 Å². The van der Waals surface area contributed by atoms with Crippen LogP contribution < -0.4 is 0 Å². The van der Waals surface area contributed by atoms with Crippen molar-refractivity contribution in [3.05, 3.63) is 59.4 Å². The predicted molar refractivity (Wildman–Crippen MR) is 131 cm³/mol. The molecular weight excluding hydrogens is 521 g/mol. The third kappa shape index (κ3) is 4.46. The Kier molecular flexibility index (Phi) is 6.18. The van der Waals surface area contributed by atoms with Gasteiger partial charge in [-0.25, -0.2) is 13.8 Å². The Labute approximate surface area is 220 Å². The first-order valence-electron chi connectivity index (χ1n) is 12.6. The van der Waals surface area contributed by atoms with Crippen LogP contribution in [0.4, 0.5) is 22.0 Å². The molecule has 39 heavy (non-hydrogen) atoms. The number of hydrogen-bond acceptors (Lipinski definition) is 6. The average Bonchev–Trinajstić information content (AvgIpc) is 3.58. The highest BCUT2D eigenvalue weighted by atomic mass is 19.4. The Morgan fingerprint density at radius 2 is 1.90 bits per heavy atom. The molecule has 0 saturated carbocycles. The molecule has 0 radical (unpaired) electrons. The molecule has 0 bridgehead atoms. The van der Waals surface area contributed by atoms with Gasteiger partial charge in [-0.3, -0.25) is 10.00 Å². The van der Waals surface area contributed by atoms with Crippen molar-refractivity contribution in [3.8, 4) is 11.3 Å². The van der Waals surface area contributed by atoms with E-state index in [0.717, 1.165) is 17.5 Å². The van der Waals surface area contributed by atoms with Crippen LogP contribution in [0.2, 0.25) is 0 Å². The molecule has 2 fully saturated rings. The first-order valence-corrected chi connectivity index (χ1v) is 12.6. The first-order chi connectivity index (χ1) is 18.6. The van der Waals surface area contributed by atoms with Gasteiger partial charge in [0.05, 0.1) is 30.5 Å². The van der Waals surface area contributed by atoms with E-state index in [2.05, 4.69) is 25.4 Å². The lowest BCUT2D eigenvalue weighted by atomic mass is 9.75. The molecule has 2 saturated heterocycles. The molecule has 0 unspecified atom stereocenters. The molecule has 0 spiro atoms. The highest BCUT2D eigenvalue weighted by Crippen LogP contribution is 2.40. The molecule has 2 aliphatic rings. The van der Waals surface area contributed by atoms with Gasteiger partial charge in [0, 0.05) is 42.9 Å². The van der Waals surface area contributed by atoms with Crippen LogP contribution in [-0.4, -0.2) is 73.5 Å². The molecular formula is C26H26F5N7O. The maximum absolute atomic E-state index is 13.9. The van der Waals surface area contributed by atoms with E-state index in [1.165, 1.54) is 4.90 Å². The van der Waals surface area contributed by atoms with Crippen molar-refractivity contribution in [2.45, 2.75) is 43.3 Å². The summed E-state index contributed by atoms with van der Waals surface area (Å²) in [5, 5.41) is 15.6. The van der Waals surface area contributed by atoms with E-state index in [-0.39, 0.29) is 29.6 Å². The highest BCUT2D eigenvalue weighted by Gasteiger charge is 2.42. The number of rotatable bonds is 6. The second-order valence-electron chi connectivity index (χ2n) is 10.4. The van der Waals surface area contributed by atoms with Crippen molar-refractivity contribution in [2.75, 3.05) is 26.3 Å². The molecule has 0 amide bonds. The summed E-state index contributed by atoms with van der Waals surface area (Å²) in [6, 6.07) is 7.70. The molecule has 1 N–H and O–H groups in total. The highest BCUT2D eigenvalue weighted by molar-refractivity contribution is 5.94. The van der Waals surface area contributed by atoms with E-state index in [9.17, 15) is 22.0 Å². The van der Waals surface area contributed by atoms with Gasteiger partial charge in [0.2, 0.25) is 0 Å². The summed E-state index contributed by atoms with van der Waals surface area (Å²) >= 11 is 0. The zero-order chi connectivity index (χ0) is 27.5. The molecule has 5 heterocycles. The SMILES string of the molecule is C[C@@H](c1nc(C(F)(F)F)cc2c(-c3cccc(C4(Cc5nncn5C)COC4)c3)n[nH]c12)N1C[C@@H](F)[C@H](F)C1. The number of aromatic amines is 1. The number of nitrogens with zero attached hydrogens (tertiary/aromatic N) is 6. The van der Waals surface area contributed by atoms with E-state index >= 15 is 0 Å². The van der Waals surface area contributed by atoms with Gasteiger partial charge >= 0.3 is 6.18 Å². The summed E-state index contributed by atoms with van der Waals surface area (Å²) in [5.74, 6) is 0.793. The molecule has 6 rings (SSSR count). The summed E-state index contributed by atoms with van der Waals surface area (Å²) in [5.41, 5.74) is 0.795. The van der Waals surface area contributed by atoms with E-state index in [0.29, 0.717) is 36.4 Å². The van der Waals surface area contributed by atoms with Crippen molar-refractivity contribution in [1.82, 2.24) is 34.8 Å². The fraction of sp³-hybridized carbons (Fsp3) is 0.462. The number of aromatic nitrogens is 6. The van der Waals surface area contributed by atoms with Gasteiger partial charge in [0.1, 0.15) is 35.9 Å². The maximum atomic E-state index is 13.9. The van der Waals surface area contributed by atoms with Crippen LogP contribution in [0.25, 0.3) is 22.2 Å². The molecule has 2 aliphatic heterocycles. The van der Waals surface area contributed by atoms with Gasteiger partial charge in [-0.05, 0) is 24.6 Å². The van der Waals surface area contributed by atoms with Gasteiger partial charge in [-0.15, -0.1) is 10.2 Å². The molecule has 8 nitrogen and oxygen atoms in total. The number of nitrogens with one attached hydrogen (secondary N) is 1. The van der Waals surface area contributed by atoms with Crippen LogP contribution in [-0.2, 0) is 29.8 Å². The van der Waals surface area contributed by atoms with Gasteiger partial charge in [-0.2, -0.15) is 18.3 Å². The Morgan fingerprint density at radius 1 is 1.15 bits per heavy atom. The molecule has 4 aromatic rings. The summed E-state index contributed by atoms with van der Waals surface area (Å²) < 4.78 is 77.0. The Morgan fingerprint density at radius 3 is 2.51 bits per heavy atom. The number of aryl methyl sites for hydroxylation is 1. The minimum atomic E-state index is -4.72. The number of H-pyrrole nitrogens is 1. The second-order valence-corrected chi connectivity index (χ2v) is 10.4. The van der Waals surface area contributed by atoms with Crippen LogP contribution in [0.15, 0.2) is 36.7 Å². The van der Waals surface area contributed by atoms with Gasteiger partial charge in [0.15, 0.2) is 0 Å². The van der Waals surface area contributed by atoms with E-state index < -0.39 is 30.3 Å². The molecule has 206 valence electrons. The summed E-state index contributed by atoms with van der Waals surface area (Å²) in [7, 11) is 1.86. The Balaban J connectivity index is 1.42. The van der Waals surface area contributed by atoms with Crippen LogP contribution in [0.5, 0.6) is 0 Å². The normalized spacial score (nSPS) is 22.3.